The predicted octanol–water partition coefficient (Wildman–Crippen LogP) is 4.26. The first-order valence-electron chi connectivity index (χ1n) is 7.80. The van der Waals surface area contributed by atoms with E-state index in [2.05, 4.69) is 31.4 Å². The summed E-state index contributed by atoms with van der Waals surface area (Å²) in [5.74, 6) is 1.11. The summed E-state index contributed by atoms with van der Waals surface area (Å²) in [5.41, 5.74) is 3.73. The van der Waals surface area contributed by atoms with E-state index in [0.29, 0.717) is 11.7 Å². The second-order valence-corrected chi connectivity index (χ2v) is 6.32. The lowest BCUT2D eigenvalue weighted by atomic mass is 9.98. The molecule has 0 aromatic heterocycles. The number of aromatic hydroxyl groups is 1. The van der Waals surface area contributed by atoms with Crippen LogP contribution in [-0.2, 0) is 19.4 Å². The van der Waals surface area contributed by atoms with Crippen LogP contribution in [0.5, 0.6) is 5.75 Å². The Hall–Kier alpha value is -1.44. The van der Waals surface area contributed by atoms with Crippen molar-refractivity contribution in [1.82, 2.24) is 4.90 Å². The first-order valence-corrected chi connectivity index (χ1v) is 7.80. The molecule has 1 aliphatic rings. The highest BCUT2D eigenvalue weighted by Gasteiger charge is 2.14. The molecule has 1 aromatic rings. The number of rotatable bonds is 5. The largest absolute Gasteiger partial charge is 0.508 e. The van der Waals surface area contributed by atoms with E-state index in [9.17, 15) is 5.11 Å². The summed E-state index contributed by atoms with van der Waals surface area (Å²) in [7, 11) is 0. The Balaban J connectivity index is 2.18. The molecule has 1 N–H and O–H groups in total. The summed E-state index contributed by atoms with van der Waals surface area (Å²) in [6.07, 6.45) is 7.75. The molecule has 0 atom stereocenters. The molecule has 0 fully saturated rings. The molecule has 0 unspecified atom stereocenters. The van der Waals surface area contributed by atoms with Crippen LogP contribution in [0.15, 0.2) is 24.9 Å². The van der Waals surface area contributed by atoms with Gasteiger partial charge in [-0.05, 0) is 60.6 Å². The topological polar surface area (TPSA) is 23.5 Å². The van der Waals surface area contributed by atoms with Crippen molar-refractivity contribution in [2.75, 3.05) is 6.54 Å². The molecule has 0 amide bonds. The molecule has 0 spiro atoms. The summed E-state index contributed by atoms with van der Waals surface area (Å²) >= 11 is 0. The molecule has 2 nitrogen and oxygen atoms in total. The zero-order valence-corrected chi connectivity index (χ0v) is 12.9. The number of phenolic OH excluding ortho intramolecular Hbond substituents is 1. The van der Waals surface area contributed by atoms with Gasteiger partial charge in [0.05, 0.1) is 0 Å². The van der Waals surface area contributed by atoms with Gasteiger partial charge in [0.15, 0.2) is 0 Å². The van der Waals surface area contributed by atoms with E-state index >= 15 is 0 Å². The van der Waals surface area contributed by atoms with Crippen molar-refractivity contribution in [1.29, 1.82) is 0 Å². The lowest BCUT2D eigenvalue weighted by Crippen LogP contribution is -2.21. The zero-order valence-electron chi connectivity index (χ0n) is 12.9. The average molecular weight is 273 g/mol. The standard InChI is InChI=1S/C18H27NO/c1-4-19(12-14(2)3)13-15-10-16-8-6-5-7-9-17(16)18(20)11-15/h4,10-11,14,20H,1,5-9,12-13H2,2-3H3. The van der Waals surface area contributed by atoms with Crippen LogP contribution in [0.1, 0.15) is 49.8 Å². The molecule has 2 rings (SSSR count). The van der Waals surface area contributed by atoms with E-state index in [-0.39, 0.29) is 0 Å². The van der Waals surface area contributed by atoms with Crippen molar-refractivity contribution < 1.29 is 5.11 Å². The molecule has 0 aliphatic heterocycles. The summed E-state index contributed by atoms with van der Waals surface area (Å²) in [6, 6.07) is 4.23. The summed E-state index contributed by atoms with van der Waals surface area (Å²) < 4.78 is 0. The monoisotopic (exact) mass is 273 g/mol. The third-order valence-corrected chi connectivity index (χ3v) is 3.99. The maximum Gasteiger partial charge on any atom is 0.119 e. The van der Waals surface area contributed by atoms with Crippen molar-refractivity contribution >= 4 is 0 Å². The Morgan fingerprint density at radius 1 is 1.25 bits per heavy atom. The van der Waals surface area contributed by atoms with Crippen LogP contribution < -0.4 is 0 Å². The van der Waals surface area contributed by atoms with E-state index in [1.54, 1.807) is 0 Å². The number of benzene rings is 1. The van der Waals surface area contributed by atoms with Gasteiger partial charge in [-0.2, -0.15) is 0 Å². The van der Waals surface area contributed by atoms with E-state index in [0.717, 1.165) is 25.9 Å². The van der Waals surface area contributed by atoms with Crippen LogP contribution in [0.4, 0.5) is 0 Å². The van der Waals surface area contributed by atoms with Crippen LogP contribution in [0, 0.1) is 5.92 Å². The SMILES string of the molecule is C=CN(Cc1cc(O)c2c(c1)CCCCC2)CC(C)C. The second kappa shape index (κ2) is 6.83. The molecule has 0 saturated heterocycles. The van der Waals surface area contributed by atoms with Crippen molar-refractivity contribution in [2.24, 2.45) is 5.92 Å². The van der Waals surface area contributed by atoms with Gasteiger partial charge in [-0.25, -0.2) is 0 Å². The molecular weight excluding hydrogens is 246 g/mol. The van der Waals surface area contributed by atoms with Crippen LogP contribution in [-0.4, -0.2) is 16.6 Å². The normalized spacial score (nSPS) is 14.8. The van der Waals surface area contributed by atoms with Gasteiger partial charge in [0.25, 0.3) is 0 Å². The summed E-state index contributed by atoms with van der Waals surface area (Å²) in [6.45, 7) is 10.2. The summed E-state index contributed by atoms with van der Waals surface area (Å²) in [5, 5.41) is 10.3. The van der Waals surface area contributed by atoms with Crippen molar-refractivity contribution in [2.45, 2.75) is 52.5 Å². The highest BCUT2D eigenvalue weighted by Crippen LogP contribution is 2.30. The fraction of sp³-hybridized carbons (Fsp3) is 0.556. The molecule has 0 bridgehead atoms. The minimum Gasteiger partial charge on any atom is -0.508 e. The maximum absolute atomic E-state index is 10.3. The number of hydrogen-bond acceptors (Lipinski definition) is 2. The van der Waals surface area contributed by atoms with Gasteiger partial charge in [0, 0.05) is 13.1 Å². The van der Waals surface area contributed by atoms with Crippen LogP contribution in [0.3, 0.4) is 0 Å². The quantitative estimate of drug-likeness (QED) is 0.810. The highest BCUT2D eigenvalue weighted by atomic mass is 16.3. The molecular formula is C18H27NO. The van der Waals surface area contributed by atoms with Gasteiger partial charge in [-0.1, -0.05) is 32.9 Å². The molecule has 110 valence electrons. The van der Waals surface area contributed by atoms with Crippen molar-refractivity contribution in [3.8, 4) is 5.75 Å². The number of aryl methyl sites for hydroxylation is 1. The van der Waals surface area contributed by atoms with Crippen LogP contribution >= 0.6 is 0 Å². The first kappa shape index (κ1) is 15.0. The number of fused-ring (bicyclic) bond motifs is 1. The van der Waals surface area contributed by atoms with Gasteiger partial charge in [-0.3, -0.25) is 0 Å². The molecule has 0 heterocycles. The van der Waals surface area contributed by atoms with Crippen molar-refractivity contribution in [3.05, 3.63) is 41.6 Å². The van der Waals surface area contributed by atoms with Crippen LogP contribution in [0.25, 0.3) is 0 Å². The van der Waals surface area contributed by atoms with Crippen molar-refractivity contribution in [3.63, 3.8) is 0 Å². The fourth-order valence-electron chi connectivity index (χ4n) is 3.08. The molecule has 0 radical (unpaired) electrons. The molecule has 20 heavy (non-hydrogen) atoms. The Kier molecular flexibility index (Phi) is 5.11. The van der Waals surface area contributed by atoms with Crippen LogP contribution in [0.2, 0.25) is 0 Å². The highest BCUT2D eigenvalue weighted by molar-refractivity contribution is 5.43. The lowest BCUT2D eigenvalue weighted by Gasteiger charge is -2.23. The maximum atomic E-state index is 10.3. The van der Waals surface area contributed by atoms with E-state index in [1.165, 1.54) is 36.0 Å². The smallest absolute Gasteiger partial charge is 0.119 e. The van der Waals surface area contributed by atoms with E-state index in [1.807, 2.05) is 12.3 Å². The van der Waals surface area contributed by atoms with Gasteiger partial charge in [0.1, 0.15) is 5.75 Å². The minimum absolute atomic E-state index is 0.493. The second-order valence-electron chi connectivity index (χ2n) is 6.32. The number of hydrogen-bond donors (Lipinski definition) is 1. The van der Waals surface area contributed by atoms with E-state index < -0.39 is 0 Å². The van der Waals surface area contributed by atoms with Gasteiger partial charge in [0.2, 0.25) is 0 Å². The Labute approximate surface area is 123 Å². The third kappa shape index (κ3) is 3.78. The van der Waals surface area contributed by atoms with E-state index in [4.69, 9.17) is 0 Å². The molecule has 1 aliphatic carbocycles. The Bertz CT molecular complexity index is 465. The Morgan fingerprint density at radius 2 is 2.00 bits per heavy atom. The average Bonchev–Trinajstić information content (AvgIpc) is 2.63. The molecule has 0 saturated carbocycles. The predicted molar refractivity (Wildman–Crippen MR) is 84.8 cm³/mol. The molecule has 2 heteroatoms. The zero-order chi connectivity index (χ0) is 14.5. The first-order chi connectivity index (χ1) is 9.60. The van der Waals surface area contributed by atoms with Gasteiger partial charge >= 0.3 is 0 Å². The van der Waals surface area contributed by atoms with Gasteiger partial charge in [-0.15, -0.1) is 0 Å². The summed E-state index contributed by atoms with van der Waals surface area (Å²) in [4.78, 5) is 2.22. The fourth-order valence-corrected chi connectivity index (χ4v) is 3.08. The van der Waals surface area contributed by atoms with Gasteiger partial charge < -0.3 is 10.0 Å². The minimum atomic E-state index is 0.493. The third-order valence-electron chi connectivity index (χ3n) is 3.99. The molecule has 1 aromatic carbocycles. The Morgan fingerprint density at radius 3 is 2.70 bits per heavy atom. The number of phenols is 1. The lowest BCUT2D eigenvalue weighted by molar-refractivity contribution is 0.324. The number of nitrogens with zero attached hydrogens (tertiary/aromatic N) is 1.